The summed E-state index contributed by atoms with van der Waals surface area (Å²) in [5, 5.41) is 2.29. The highest BCUT2D eigenvalue weighted by Gasteiger charge is 2.32. The summed E-state index contributed by atoms with van der Waals surface area (Å²) in [5.41, 5.74) is 8.87. The zero-order chi connectivity index (χ0) is 31.9. The molecule has 0 bridgehead atoms. The minimum Gasteiger partial charge on any atom is -0.306 e. The van der Waals surface area contributed by atoms with Gasteiger partial charge >= 0.3 is 0 Å². The van der Waals surface area contributed by atoms with Crippen LogP contribution in [-0.2, 0) is 0 Å². The lowest BCUT2D eigenvalue weighted by Gasteiger charge is -2.39. The van der Waals surface area contributed by atoms with Crippen LogP contribution in [-0.4, -0.2) is 19.9 Å². The summed E-state index contributed by atoms with van der Waals surface area (Å²) < 4.78 is 0. The number of hydrogen-bond acceptors (Lipinski definition) is 6. The fourth-order valence-corrected chi connectivity index (χ4v) is 6.48. The number of nitrogens with zero attached hydrogens (tertiary/aromatic N) is 6. The van der Waals surface area contributed by atoms with Crippen LogP contribution in [0.25, 0.3) is 44.8 Å². The third-order valence-electron chi connectivity index (χ3n) is 8.67. The van der Waals surface area contributed by atoms with E-state index >= 15 is 0 Å². The molecule has 1 aliphatic rings. The van der Waals surface area contributed by atoms with E-state index in [1.807, 2.05) is 66.9 Å². The minimum atomic E-state index is 0.552. The van der Waals surface area contributed by atoms with E-state index in [9.17, 15) is 0 Å². The predicted octanol–water partition coefficient (Wildman–Crippen LogP) is 10.7. The molecule has 8 aromatic rings. The van der Waals surface area contributed by atoms with Crippen LogP contribution in [0.2, 0.25) is 0 Å². The minimum absolute atomic E-state index is 0.552. The van der Waals surface area contributed by atoms with Crippen molar-refractivity contribution in [1.82, 2.24) is 19.9 Å². The smallest absolute Gasteiger partial charge is 0.238 e. The van der Waals surface area contributed by atoms with Gasteiger partial charge in [-0.2, -0.15) is 9.97 Å². The molecule has 48 heavy (non-hydrogen) atoms. The lowest BCUT2D eigenvalue weighted by molar-refractivity contribution is 1.01. The van der Waals surface area contributed by atoms with Crippen LogP contribution in [0.3, 0.4) is 0 Å². The van der Waals surface area contributed by atoms with Gasteiger partial charge < -0.3 is 4.90 Å². The molecule has 3 heterocycles. The van der Waals surface area contributed by atoms with Crippen LogP contribution in [0.15, 0.2) is 170 Å². The number of fused-ring (bicyclic) bond motifs is 3. The topological polar surface area (TPSA) is 58.0 Å². The Morgan fingerprint density at radius 2 is 0.917 bits per heavy atom. The van der Waals surface area contributed by atoms with E-state index in [4.69, 9.17) is 19.9 Å². The maximum Gasteiger partial charge on any atom is 0.238 e. The number of pyridine rings is 1. The van der Waals surface area contributed by atoms with Crippen LogP contribution >= 0.6 is 0 Å². The first-order chi connectivity index (χ1) is 23.8. The van der Waals surface area contributed by atoms with Gasteiger partial charge in [-0.15, -0.1) is 0 Å². The summed E-state index contributed by atoms with van der Waals surface area (Å²) in [7, 11) is 0. The van der Waals surface area contributed by atoms with Crippen LogP contribution in [0.4, 0.5) is 34.4 Å². The van der Waals surface area contributed by atoms with Crippen molar-refractivity contribution in [1.29, 1.82) is 0 Å². The molecule has 0 spiro atoms. The molecule has 6 aromatic carbocycles. The predicted molar refractivity (Wildman–Crippen MR) is 194 cm³/mol. The van der Waals surface area contributed by atoms with Gasteiger partial charge in [-0.05, 0) is 47.9 Å². The summed E-state index contributed by atoms with van der Waals surface area (Å²) in [4.78, 5) is 24.4. The Kier molecular flexibility index (Phi) is 6.68. The van der Waals surface area contributed by atoms with E-state index in [0.29, 0.717) is 17.6 Å². The Balaban J connectivity index is 1.23. The Morgan fingerprint density at radius 3 is 1.54 bits per heavy atom. The molecule has 226 valence electrons. The fraction of sp³-hybridized carbons (Fsp3) is 0. The highest BCUT2D eigenvalue weighted by molar-refractivity contribution is 6.01. The van der Waals surface area contributed by atoms with Gasteiger partial charge in [0.1, 0.15) is 0 Å². The second-order valence-electron chi connectivity index (χ2n) is 11.6. The zero-order valence-corrected chi connectivity index (χ0v) is 25.8. The molecule has 6 heteroatoms. The molecular weight excluding hydrogens is 589 g/mol. The maximum atomic E-state index is 5.11. The Bertz CT molecular complexity index is 2320. The number of rotatable bonds is 5. The Morgan fingerprint density at radius 1 is 0.396 bits per heavy atom. The average Bonchev–Trinajstić information content (AvgIpc) is 3.17. The van der Waals surface area contributed by atoms with Gasteiger partial charge in [0.2, 0.25) is 5.95 Å². The second kappa shape index (κ2) is 11.6. The molecule has 0 radical (unpaired) electrons. The van der Waals surface area contributed by atoms with Crippen molar-refractivity contribution in [3.05, 3.63) is 170 Å². The van der Waals surface area contributed by atoms with Crippen molar-refractivity contribution in [3.63, 3.8) is 0 Å². The standard InChI is InChI=1S/C42H28N6/c1-3-15-30(16-4-1)40-44-41(31-17-5-2-6-18-31)46-42(45-40)48-37-24-11-9-22-35(37)47(36-23-10-12-25-38(36)48)33-20-13-19-32(28-33)39-34-21-8-7-14-29(34)26-27-43-39/h1-28H. The van der Waals surface area contributed by atoms with Gasteiger partial charge in [-0.3, -0.25) is 9.88 Å². The number of para-hydroxylation sites is 4. The summed E-state index contributed by atoms with van der Waals surface area (Å²) >= 11 is 0. The number of anilines is 6. The SMILES string of the molecule is c1ccc(-c2nc(-c3ccccc3)nc(N3c4ccccc4N(c4cccc(-c5nccc6ccccc56)c4)c4ccccc43)n2)cc1. The molecule has 0 atom stereocenters. The van der Waals surface area contributed by atoms with Gasteiger partial charge in [-0.25, -0.2) is 4.98 Å². The monoisotopic (exact) mass is 616 g/mol. The van der Waals surface area contributed by atoms with Crippen LogP contribution in [0, 0.1) is 0 Å². The molecule has 1 aliphatic heterocycles. The van der Waals surface area contributed by atoms with Crippen molar-refractivity contribution in [2.24, 2.45) is 0 Å². The number of aromatic nitrogens is 4. The molecule has 0 saturated carbocycles. The van der Waals surface area contributed by atoms with Gasteiger partial charge in [0.05, 0.1) is 28.4 Å². The van der Waals surface area contributed by atoms with E-state index in [2.05, 4.69) is 113 Å². The Hall–Kier alpha value is -6.66. The van der Waals surface area contributed by atoms with Gasteiger partial charge in [0.15, 0.2) is 11.6 Å². The molecular formula is C42H28N6. The van der Waals surface area contributed by atoms with Crippen molar-refractivity contribution in [3.8, 4) is 34.0 Å². The molecule has 0 unspecified atom stereocenters. The van der Waals surface area contributed by atoms with E-state index < -0.39 is 0 Å². The van der Waals surface area contributed by atoms with Gasteiger partial charge in [-0.1, -0.05) is 121 Å². The zero-order valence-electron chi connectivity index (χ0n) is 25.8. The van der Waals surface area contributed by atoms with E-state index in [0.717, 1.165) is 56.2 Å². The molecule has 2 aromatic heterocycles. The highest BCUT2D eigenvalue weighted by Crippen LogP contribution is 2.53. The van der Waals surface area contributed by atoms with E-state index in [-0.39, 0.29) is 0 Å². The lowest BCUT2D eigenvalue weighted by atomic mass is 10.0. The van der Waals surface area contributed by atoms with Crippen LogP contribution in [0.1, 0.15) is 0 Å². The van der Waals surface area contributed by atoms with Crippen molar-refractivity contribution in [2.75, 3.05) is 9.80 Å². The summed E-state index contributed by atoms with van der Waals surface area (Å²) in [6.07, 6.45) is 1.88. The van der Waals surface area contributed by atoms with Crippen molar-refractivity contribution >= 4 is 45.2 Å². The third kappa shape index (κ3) is 4.75. The summed E-state index contributed by atoms with van der Waals surface area (Å²) in [5.74, 6) is 1.79. The third-order valence-corrected chi connectivity index (χ3v) is 8.67. The van der Waals surface area contributed by atoms with Gasteiger partial charge in [0, 0.05) is 34.0 Å². The van der Waals surface area contributed by atoms with E-state index in [1.165, 1.54) is 5.39 Å². The summed E-state index contributed by atoms with van der Waals surface area (Å²) in [6, 6.07) is 56.1. The molecule has 0 fully saturated rings. The van der Waals surface area contributed by atoms with E-state index in [1.54, 1.807) is 0 Å². The molecule has 9 rings (SSSR count). The number of hydrogen-bond donors (Lipinski definition) is 0. The second-order valence-corrected chi connectivity index (χ2v) is 11.6. The lowest BCUT2D eigenvalue weighted by Crippen LogP contribution is -2.25. The van der Waals surface area contributed by atoms with Gasteiger partial charge in [0.25, 0.3) is 0 Å². The molecule has 0 aliphatic carbocycles. The first-order valence-electron chi connectivity index (χ1n) is 15.9. The molecule has 0 amide bonds. The summed E-state index contributed by atoms with van der Waals surface area (Å²) in [6.45, 7) is 0. The van der Waals surface area contributed by atoms with Crippen molar-refractivity contribution < 1.29 is 0 Å². The fourth-order valence-electron chi connectivity index (χ4n) is 6.48. The van der Waals surface area contributed by atoms with Crippen molar-refractivity contribution in [2.45, 2.75) is 0 Å². The highest BCUT2D eigenvalue weighted by atomic mass is 15.3. The largest absolute Gasteiger partial charge is 0.306 e. The molecule has 0 saturated heterocycles. The quantitative estimate of drug-likeness (QED) is 0.192. The Labute approximate surface area is 278 Å². The maximum absolute atomic E-state index is 5.11. The normalized spacial score (nSPS) is 12.1. The average molecular weight is 617 g/mol. The molecule has 0 N–H and O–H groups in total. The molecule has 6 nitrogen and oxygen atoms in total. The van der Waals surface area contributed by atoms with Crippen LogP contribution < -0.4 is 9.80 Å². The first-order valence-corrected chi connectivity index (χ1v) is 15.9. The number of benzene rings is 6. The first kappa shape index (κ1) is 27.6. The van der Waals surface area contributed by atoms with Crippen LogP contribution in [0.5, 0.6) is 0 Å².